The third kappa shape index (κ3) is 5.58. The Labute approximate surface area is 66.7 Å². The predicted molar refractivity (Wildman–Crippen MR) is 40.5 cm³/mol. The Morgan fingerprint density at radius 1 is 1.55 bits per heavy atom. The van der Waals surface area contributed by atoms with Gasteiger partial charge in [0.2, 0.25) is 0 Å². The summed E-state index contributed by atoms with van der Waals surface area (Å²) in [5.74, 6) is -1.00. The van der Waals surface area contributed by atoms with Gasteiger partial charge in [0.15, 0.2) is 0 Å². The molecule has 0 heterocycles. The largest absolute Gasteiger partial charge is 0.393 e. The normalized spacial score (nSPS) is 12.3. The fraction of sp³-hybridized carbons (Fsp3) is 0.625. The molecule has 0 spiro atoms. The summed E-state index contributed by atoms with van der Waals surface area (Å²) in [4.78, 5) is 21.0. The standard InChI is InChI=1S/C8H13O3/c1-4-6(2)5-8(10)11-7(3)9/h6H,2,4-5H2,1,3H3. The van der Waals surface area contributed by atoms with Gasteiger partial charge in [0.25, 0.3) is 0 Å². The van der Waals surface area contributed by atoms with Crippen molar-refractivity contribution in [2.45, 2.75) is 26.7 Å². The van der Waals surface area contributed by atoms with Crippen LogP contribution in [0.1, 0.15) is 26.7 Å². The minimum Gasteiger partial charge on any atom is -0.393 e. The van der Waals surface area contributed by atoms with Gasteiger partial charge in [0.1, 0.15) is 0 Å². The van der Waals surface area contributed by atoms with Crippen LogP contribution >= 0.6 is 0 Å². The van der Waals surface area contributed by atoms with Crippen LogP contribution < -0.4 is 0 Å². The minimum absolute atomic E-state index is 0.0434. The molecule has 0 fully saturated rings. The van der Waals surface area contributed by atoms with E-state index in [1.54, 1.807) is 0 Å². The maximum Gasteiger partial charge on any atom is 0.313 e. The second-order valence-electron chi connectivity index (χ2n) is 2.44. The molecule has 0 saturated heterocycles. The van der Waals surface area contributed by atoms with Crippen molar-refractivity contribution in [2.24, 2.45) is 5.92 Å². The Morgan fingerprint density at radius 3 is 2.45 bits per heavy atom. The van der Waals surface area contributed by atoms with Gasteiger partial charge in [-0.2, -0.15) is 0 Å². The van der Waals surface area contributed by atoms with Crippen LogP contribution in [-0.4, -0.2) is 11.9 Å². The number of carbonyl (C=O) groups excluding carboxylic acids is 2. The molecule has 1 radical (unpaired) electrons. The van der Waals surface area contributed by atoms with Gasteiger partial charge < -0.3 is 4.74 Å². The number of rotatable bonds is 3. The Morgan fingerprint density at radius 2 is 2.09 bits per heavy atom. The van der Waals surface area contributed by atoms with Gasteiger partial charge in [-0.25, -0.2) is 0 Å². The van der Waals surface area contributed by atoms with E-state index in [0.29, 0.717) is 0 Å². The molecule has 1 unspecified atom stereocenters. The second kappa shape index (κ2) is 4.88. The van der Waals surface area contributed by atoms with E-state index in [1.807, 2.05) is 6.92 Å². The van der Waals surface area contributed by atoms with Gasteiger partial charge in [-0.15, -0.1) is 0 Å². The Bertz CT molecular complexity index is 151. The Hall–Kier alpha value is -0.860. The Balaban J connectivity index is 3.60. The first-order valence-corrected chi connectivity index (χ1v) is 3.60. The molecule has 0 aliphatic carbocycles. The third-order valence-corrected chi connectivity index (χ3v) is 1.29. The van der Waals surface area contributed by atoms with E-state index in [9.17, 15) is 9.59 Å². The molecule has 1 atom stereocenters. The summed E-state index contributed by atoms with van der Waals surface area (Å²) in [6, 6.07) is 0. The maximum absolute atomic E-state index is 10.7. The van der Waals surface area contributed by atoms with E-state index in [0.717, 1.165) is 6.42 Å². The lowest BCUT2D eigenvalue weighted by molar-refractivity contribution is -0.158. The first-order chi connectivity index (χ1) is 5.06. The van der Waals surface area contributed by atoms with Crippen LogP contribution in [0.15, 0.2) is 0 Å². The monoisotopic (exact) mass is 157 g/mol. The molecule has 11 heavy (non-hydrogen) atoms. The van der Waals surface area contributed by atoms with Gasteiger partial charge >= 0.3 is 11.9 Å². The van der Waals surface area contributed by atoms with Crippen LogP contribution in [0, 0.1) is 12.8 Å². The highest BCUT2D eigenvalue weighted by Crippen LogP contribution is 2.06. The van der Waals surface area contributed by atoms with E-state index in [2.05, 4.69) is 11.7 Å². The van der Waals surface area contributed by atoms with Crippen molar-refractivity contribution in [3.8, 4) is 0 Å². The van der Waals surface area contributed by atoms with Crippen molar-refractivity contribution in [1.82, 2.24) is 0 Å². The molecular formula is C8H13O3. The molecule has 0 amide bonds. The summed E-state index contributed by atoms with van der Waals surface area (Å²) in [6.07, 6.45) is 1.03. The van der Waals surface area contributed by atoms with E-state index in [4.69, 9.17) is 0 Å². The molecule has 0 rings (SSSR count). The molecule has 0 aliphatic heterocycles. The lowest BCUT2D eigenvalue weighted by Gasteiger charge is -2.04. The lowest BCUT2D eigenvalue weighted by Crippen LogP contribution is -2.12. The van der Waals surface area contributed by atoms with Crippen LogP contribution in [0.4, 0.5) is 0 Å². The van der Waals surface area contributed by atoms with Gasteiger partial charge in [0.05, 0.1) is 0 Å². The average Bonchev–Trinajstić information content (AvgIpc) is 1.85. The molecule has 0 aromatic carbocycles. The fourth-order valence-electron chi connectivity index (χ4n) is 0.582. The fourth-order valence-corrected chi connectivity index (χ4v) is 0.582. The van der Waals surface area contributed by atoms with E-state index in [-0.39, 0.29) is 12.3 Å². The maximum atomic E-state index is 10.7. The zero-order valence-electron chi connectivity index (χ0n) is 6.92. The number of carbonyl (C=O) groups is 2. The van der Waals surface area contributed by atoms with Crippen molar-refractivity contribution in [3.63, 3.8) is 0 Å². The quantitative estimate of drug-likeness (QED) is 0.458. The van der Waals surface area contributed by atoms with E-state index >= 15 is 0 Å². The molecule has 63 valence electrons. The summed E-state index contributed by atoms with van der Waals surface area (Å²) in [5.41, 5.74) is 0. The smallest absolute Gasteiger partial charge is 0.313 e. The predicted octanol–water partition coefficient (Wildman–Crippen LogP) is 1.33. The van der Waals surface area contributed by atoms with Crippen molar-refractivity contribution in [1.29, 1.82) is 0 Å². The first-order valence-electron chi connectivity index (χ1n) is 3.60. The van der Waals surface area contributed by atoms with Crippen molar-refractivity contribution < 1.29 is 14.3 Å². The molecule has 3 nitrogen and oxygen atoms in total. The zero-order chi connectivity index (χ0) is 8.85. The summed E-state index contributed by atoms with van der Waals surface area (Å²) in [6.45, 7) is 6.83. The summed E-state index contributed by atoms with van der Waals surface area (Å²) >= 11 is 0. The lowest BCUT2D eigenvalue weighted by atomic mass is 10.1. The molecule has 0 aromatic rings. The van der Waals surface area contributed by atoms with Crippen molar-refractivity contribution in [2.75, 3.05) is 0 Å². The van der Waals surface area contributed by atoms with Crippen LogP contribution in [0.3, 0.4) is 0 Å². The van der Waals surface area contributed by atoms with Gasteiger partial charge in [-0.05, 0) is 12.8 Å². The molecule has 0 aromatic heterocycles. The van der Waals surface area contributed by atoms with Crippen LogP contribution in [0.2, 0.25) is 0 Å². The molecule has 0 N–H and O–H groups in total. The highest BCUT2D eigenvalue weighted by molar-refractivity contribution is 5.84. The van der Waals surface area contributed by atoms with Crippen molar-refractivity contribution >= 4 is 11.9 Å². The average molecular weight is 157 g/mol. The zero-order valence-corrected chi connectivity index (χ0v) is 6.92. The van der Waals surface area contributed by atoms with E-state index < -0.39 is 11.9 Å². The van der Waals surface area contributed by atoms with Gasteiger partial charge in [-0.3, -0.25) is 9.59 Å². The third-order valence-electron chi connectivity index (χ3n) is 1.29. The molecule has 0 aliphatic rings. The van der Waals surface area contributed by atoms with Crippen LogP contribution in [0.5, 0.6) is 0 Å². The van der Waals surface area contributed by atoms with E-state index in [1.165, 1.54) is 6.92 Å². The molecule has 3 heteroatoms. The van der Waals surface area contributed by atoms with Gasteiger partial charge in [-0.1, -0.05) is 13.3 Å². The van der Waals surface area contributed by atoms with Crippen LogP contribution in [0.25, 0.3) is 0 Å². The molecular weight excluding hydrogens is 144 g/mol. The second-order valence-corrected chi connectivity index (χ2v) is 2.44. The highest BCUT2D eigenvalue weighted by Gasteiger charge is 2.09. The Kier molecular flexibility index (Phi) is 4.50. The molecule has 0 saturated carbocycles. The summed E-state index contributed by atoms with van der Waals surface area (Å²) in [5, 5.41) is 0. The van der Waals surface area contributed by atoms with Crippen LogP contribution in [-0.2, 0) is 14.3 Å². The number of ether oxygens (including phenoxy) is 1. The number of hydrogen-bond acceptors (Lipinski definition) is 3. The summed E-state index contributed by atoms with van der Waals surface area (Å²) < 4.78 is 4.30. The first kappa shape index (κ1) is 10.1. The SMILES string of the molecule is [CH2]C(CC)CC(=O)OC(C)=O. The topological polar surface area (TPSA) is 43.4 Å². The molecule has 0 bridgehead atoms. The number of esters is 2. The van der Waals surface area contributed by atoms with Gasteiger partial charge in [0, 0.05) is 13.3 Å². The van der Waals surface area contributed by atoms with Crippen molar-refractivity contribution in [3.05, 3.63) is 6.92 Å². The highest BCUT2D eigenvalue weighted by atomic mass is 16.6. The summed E-state index contributed by atoms with van der Waals surface area (Å²) in [7, 11) is 0. The number of hydrogen-bond donors (Lipinski definition) is 0. The minimum atomic E-state index is -0.557.